The average Bonchev–Trinajstić information content (AvgIpc) is 3.18. The van der Waals surface area contributed by atoms with Crippen LogP contribution < -0.4 is 5.32 Å². The highest BCUT2D eigenvalue weighted by Crippen LogP contribution is 2.29. The number of aromatic hydroxyl groups is 1. The second-order valence-corrected chi connectivity index (χ2v) is 6.66. The Morgan fingerprint density at radius 3 is 2.88 bits per heavy atom. The van der Waals surface area contributed by atoms with Gasteiger partial charge in [-0.15, -0.1) is 0 Å². The molecule has 0 atom stereocenters. The molecule has 0 spiro atoms. The molecule has 0 aliphatic heterocycles. The van der Waals surface area contributed by atoms with E-state index in [9.17, 15) is 5.11 Å². The molecule has 4 rings (SSSR count). The number of aromatic nitrogens is 6. The van der Waals surface area contributed by atoms with Crippen molar-refractivity contribution in [3.63, 3.8) is 0 Å². The third-order valence-electron chi connectivity index (χ3n) is 4.83. The van der Waals surface area contributed by atoms with Crippen LogP contribution in [0.5, 0.6) is 5.75 Å². The molecule has 9 heteroatoms. The summed E-state index contributed by atoms with van der Waals surface area (Å²) in [6.07, 6.45) is 7.75. The van der Waals surface area contributed by atoms with Gasteiger partial charge < -0.3 is 14.9 Å². The summed E-state index contributed by atoms with van der Waals surface area (Å²) in [6.45, 7) is 2.19. The first-order valence-electron chi connectivity index (χ1n) is 8.70. The van der Waals surface area contributed by atoms with Crippen molar-refractivity contribution in [2.75, 3.05) is 5.32 Å². The predicted octanol–water partition coefficient (Wildman–Crippen LogP) is 2.23. The molecular weight excluding hydrogens is 334 g/mol. The summed E-state index contributed by atoms with van der Waals surface area (Å²) in [6, 6.07) is 0. The second kappa shape index (κ2) is 6.74. The Morgan fingerprint density at radius 1 is 1.31 bits per heavy atom. The van der Waals surface area contributed by atoms with Gasteiger partial charge in [0, 0.05) is 13.5 Å². The van der Waals surface area contributed by atoms with Crippen molar-refractivity contribution in [2.45, 2.75) is 39.2 Å². The molecule has 0 saturated heterocycles. The molecule has 1 aliphatic carbocycles. The van der Waals surface area contributed by atoms with Gasteiger partial charge in [-0.05, 0) is 30.8 Å². The van der Waals surface area contributed by atoms with Crippen LogP contribution in [-0.4, -0.2) is 35.0 Å². The largest absolute Gasteiger partial charge is 0.504 e. The summed E-state index contributed by atoms with van der Waals surface area (Å²) in [4.78, 5) is 12.9. The Hall–Kier alpha value is -2.97. The molecule has 136 valence electrons. The van der Waals surface area contributed by atoms with Crippen molar-refractivity contribution in [1.29, 1.82) is 0 Å². The van der Waals surface area contributed by atoms with E-state index in [1.807, 2.05) is 7.05 Å². The van der Waals surface area contributed by atoms with Gasteiger partial charge >= 0.3 is 0 Å². The van der Waals surface area contributed by atoms with Gasteiger partial charge in [0.1, 0.15) is 0 Å². The summed E-state index contributed by atoms with van der Waals surface area (Å²) >= 11 is 0. The van der Waals surface area contributed by atoms with Crippen LogP contribution >= 0.6 is 0 Å². The van der Waals surface area contributed by atoms with Gasteiger partial charge in [0.05, 0.1) is 35.9 Å². The Balaban J connectivity index is 1.48. The number of nitrogens with one attached hydrogen (secondary N) is 1. The van der Waals surface area contributed by atoms with Gasteiger partial charge in [-0.3, -0.25) is 4.68 Å². The number of anilines is 1. The normalized spacial score (nSPS) is 14.4. The number of hydrogen-bond donors (Lipinski definition) is 2. The smallest absolute Gasteiger partial charge is 0.263 e. The van der Waals surface area contributed by atoms with Crippen LogP contribution in [0.25, 0.3) is 11.4 Å². The Morgan fingerprint density at radius 2 is 2.15 bits per heavy atom. The fourth-order valence-electron chi connectivity index (χ4n) is 2.97. The number of nitrogens with zero attached hydrogens (tertiary/aromatic N) is 6. The molecule has 0 amide bonds. The maximum Gasteiger partial charge on any atom is 0.263 e. The SMILES string of the molecule is Cc1nc(-c2cnn(C)c2CNc2noc(CC3CCC3)n2)ncc1O. The molecule has 1 saturated carbocycles. The third kappa shape index (κ3) is 3.24. The lowest BCUT2D eigenvalue weighted by atomic mass is 9.83. The van der Waals surface area contributed by atoms with E-state index < -0.39 is 0 Å². The van der Waals surface area contributed by atoms with E-state index >= 15 is 0 Å². The van der Waals surface area contributed by atoms with Crippen LogP contribution in [0.15, 0.2) is 16.9 Å². The highest BCUT2D eigenvalue weighted by molar-refractivity contribution is 5.58. The molecule has 0 bridgehead atoms. The van der Waals surface area contributed by atoms with Gasteiger partial charge in [-0.1, -0.05) is 6.42 Å². The van der Waals surface area contributed by atoms with Crippen molar-refractivity contribution >= 4 is 5.95 Å². The molecule has 0 aromatic carbocycles. The fraction of sp³-hybridized carbons (Fsp3) is 0.471. The number of hydrogen-bond acceptors (Lipinski definition) is 8. The standard InChI is InChI=1S/C17H21N7O2/c1-10-14(25)9-18-16(21-10)12-7-20-24(2)13(12)8-19-17-22-15(26-23-17)6-11-4-3-5-11/h7,9,11,25H,3-6,8H2,1-2H3,(H,19,23). The molecule has 26 heavy (non-hydrogen) atoms. The topological polar surface area (TPSA) is 115 Å². The zero-order valence-electron chi connectivity index (χ0n) is 14.8. The van der Waals surface area contributed by atoms with E-state index in [1.54, 1.807) is 17.8 Å². The van der Waals surface area contributed by atoms with Crippen molar-refractivity contribution in [1.82, 2.24) is 29.9 Å². The fourth-order valence-corrected chi connectivity index (χ4v) is 2.97. The zero-order chi connectivity index (χ0) is 18.1. The van der Waals surface area contributed by atoms with Gasteiger partial charge in [0.25, 0.3) is 5.95 Å². The van der Waals surface area contributed by atoms with E-state index in [4.69, 9.17) is 4.52 Å². The minimum Gasteiger partial charge on any atom is -0.504 e. The number of aryl methyl sites for hydroxylation is 2. The lowest BCUT2D eigenvalue weighted by molar-refractivity contribution is 0.273. The van der Waals surface area contributed by atoms with Crippen molar-refractivity contribution in [2.24, 2.45) is 13.0 Å². The van der Waals surface area contributed by atoms with Gasteiger partial charge in [0.2, 0.25) is 5.89 Å². The summed E-state index contributed by atoms with van der Waals surface area (Å²) in [5.41, 5.74) is 2.21. The van der Waals surface area contributed by atoms with Gasteiger partial charge in [0.15, 0.2) is 11.6 Å². The van der Waals surface area contributed by atoms with Crippen LogP contribution in [0.1, 0.15) is 36.5 Å². The second-order valence-electron chi connectivity index (χ2n) is 6.66. The average molecular weight is 355 g/mol. The summed E-state index contributed by atoms with van der Waals surface area (Å²) in [5.74, 6) is 2.42. The molecular formula is C17H21N7O2. The Bertz CT molecular complexity index is 914. The van der Waals surface area contributed by atoms with Crippen LogP contribution in [-0.2, 0) is 20.0 Å². The van der Waals surface area contributed by atoms with Gasteiger partial charge in [-0.25, -0.2) is 9.97 Å². The van der Waals surface area contributed by atoms with Crippen molar-refractivity contribution in [3.8, 4) is 17.1 Å². The molecule has 3 heterocycles. The lowest BCUT2D eigenvalue weighted by Crippen LogP contribution is -2.13. The molecule has 3 aromatic heterocycles. The molecule has 0 radical (unpaired) electrons. The van der Waals surface area contributed by atoms with Gasteiger partial charge in [-0.2, -0.15) is 10.1 Å². The molecule has 9 nitrogen and oxygen atoms in total. The van der Waals surface area contributed by atoms with Crippen LogP contribution in [0, 0.1) is 12.8 Å². The van der Waals surface area contributed by atoms with E-state index in [2.05, 4.69) is 30.5 Å². The van der Waals surface area contributed by atoms with Crippen LogP contribution in [0.2, 0.25) is 0 Å². The zero-order valence-corrected chi connectivity index (χ0v) is 14.8. The Kier molecular flexibility index (Phi) is 4.27. The minimum atomic E-state index is 0.0723. The Labute approximate surface area is 150 Å². The van der Waals surface area contributed by atoms with Crippen LogP contribution in [0.4, 0.5) is 5.95 Å². The van der Waals surface area contributed by atoms with Crippen molar-refractivity contribution in [3.05, 3.63) is 29.7 Å². The minimum absolute atomic E-state index is 0.0723. The van der Waals surface area contributed by atoms with Crippen molar-refractivity contribution < 1.29 is 9.63 Å². The van der Waals surface area contributed by atoms with Crippen LogP contribution in [0.3, 0.4) is 0 Å². The monoisotopic (exact) mass is 355 g/mol. The molecule has 3 aromatic rings. The first-order chi connectivity index (χ1) is 12.6. The molecule has 1 fully saturated rings. The molecule has 1 aliphatic rings. The lowest BCUT2D eigenvalue weighted by Gasteiger charge is -2.23. The van der Waals surface area contributed by atoms with E-state index in [1.165, 1.54) is 25.5 Å². The highest BCUT2D eigenvalue weighted by atomic mass is 16.5. The number of rotatable bonds is 6. The maximum atomic E-state index is 9.62. The quantitative estimate of drug-likeness (QED) is 0.692. The third-order valence-corrected chi connectivity index (χ3v) is 4.83. The van der Waals surface area contributed by atoms with E-state index in [0.29, 0.717) is 35.8 Å². The summed E-state index contributed by atoms with van der Waals surface area (Å²) in [7, 11) is 1.85. The highest BCUT2D eigenvalue weighted by Gasteiger charge is 2.21. The maximum absolute atomic E-state index is 9.62. The van der Waals surface area contributed by atoms with E-state index in [0.717, 1.165) is 17.7 Å². The van der Waals surface area contributed by atoms with E-state index in [-0.39, 0.29) is 5.75 Å². The summed E-state index contributed by atoms with van der Waals surface area (Å²) in [5, 5.41) is 21.1. The first-order valence-corrected chi connectivity index (χ1v) is 8.70. The predicted molar refractivity (Wildman–Crippen MR) is 93.3 cm³/mol. The summed E-state index contributed by atoms with van der Waals surface area (Å²) < 4.78 is 7.07. The first kappa shape index (κ1) is 16.5. The molecule has 2 N–H and O–H groups in total. The molecule has 0 unspecified atom stereocenters.